The van der Waals surface area contributed by atoms with Gasteiger partial charge in [-0.25, -0.2) is 4.79 Å². The maximum atomic E-state index is 12.3. The molecule has 0 aromatic heterocycles. The summed E-state index contributed by atoms with van der Waals surface area (Å²) in [6.07, 6.45) is 3.76. The Balaban J connectivity index is 2.96. The summed E-state index contributed by atoms with van der Waals surface area (Å²) in [7, 11) is -2.27. The van der Waals surface area contributed by atoms with Gasteiger partial charge in [0.1, 0.15) is 0 Å². The lowest BCUT2D eigenvalue weighted by molar-refractivity contribution is -0.137. The van der Waals surface area contributed by atoms with Crippen molar-refractivity contribution < 1.29 is 18.4 Å². The van der Waals surface area contributed by atoms with E-state index < -0.39 is 16.6 Å². The Morgan fingerprint density at radius 3 is 2.00 bits per heavy atom. The van der Waals surface area contributed by atoms with Gasteiger partial charge >= 0.3 is 5.97 Å². The average Bonchev–Trinajstić information content (AvgIpc) is 2.50. The predicted molar refractivity (Wildman–Crippen MR) is 118 cm³/mol. The first kappa shape index (κ1) is 24.6. The summed E-state index contributed by atoms with van der Waals surface area (Å²) in [5.74, 6) is -0.195. The normalized spacial score (nSPS) is 22.4. The lowest BCUT2D eigenvalue weighted by atomic mass is 9.86. The third-order valence-electron chi connectivity index (χ3n) is 6.73. The summed E-state index contributed by atoms with van der Waals surface area (Å²) in [5.41, 5.74) is 0.756. The first-order valence-corrected chi connectivity index (χ1v) is 15.9. The molecule has 0 aromatic carbocycles. The molecule has 1 aliphatic rings. The average molecular weight is 415 g/mol. The van der Waals surface area contributed by atoms with Gasteiger partial charge in [0.25, 0.3) is 0 Å². The summed E-state index contributed by atoms with van der Waals surface area (Å²) in [5, 5.41) is 0.320. The summed E-state index contributed by atoms with van der Waals surface area (Å²) in [4.78, 5) is 12.3. The van der Waals surface area contributed by atoms with Crippen LogP contribution in [0.15, 0.2) is 11.6 Å². The maximum absolute atomic E-state index is 12.3. The molecule has 1 rings (SSSR count). The minimum atomic E-state index is -1.87. The highest BCUT2D eigenvalue weighted by Crippen LogP contribution is 2.41. The van der Waals surface area contributed by atoms with E-state index >= 15 is 0 Å². The molecule has 27 heavy (non-hydrogen) atoms. The van der Waals surface area contributed by atoms with Crippen LogP contribution in [-0.2, 0) is 18.4 Å². The molecular weight excluding hydrogens is 372 g/mol. The molecule has 0 spiro atoms. The van der Waals surface area contributed by atoms with Crippen LogP contribution in [0.2, 0.25) is 36.3 Å². The highest BCUT2D eigenvalue weighted by atomic mass is 28.4. The van der Waals surface area contributed by atoms with Crippen LogP contribution in [-0.4, -0.2) is 42.4 Å². The van der Waals surface area contributed by atoms with Gasteiger partial charge in [-0.3, -0.25) is 0 Å². The van der Waals surface area contributed by atoms with Gasteiger partial charge in [-0.2, -0.15) is 0 Å². The second-order valence-corrected chi connectivity index (χ2v) is 20.5. The van der Waals surface area contributed by atoms with Crippen molar-refractivity contribution in [1.82, 2.24) is 0 Å². The molecule has 0 N–H and O–H groups in total. The fourth-order valence-corrected chi connectivity index (χ4v) is 5.14. The van der Waals surface area contributed by atoms with Gasteiger partial charge < -0.3 is 13.6 Å². The topological polar surface area (TPSA) is 44.8 Å². The molecule has 1 aliphatic carbocycles. The van der Waals surface area contributed by atoms with E-state index in [0.717, 1.165) is 18.4 Å². The fraction of sp³-hybridized carbons (Fsp3) is 0.857. The molecule has 0 saturated heterocycles. The molecular formula is C21H42O4Si2. The van der Waals surface area contributed by atoms with Crippen molar-refractivity contribution in [3.8, 4) is 0 Å². The number of hydrogen-bond acceptors (Lipinski definition) is 4. The fourth-order valence-electron chi connectivity index (χ4n) is 2.71. The minimum Gasteiger partial charge on any atom is -0.466 e. The largest absolute Gasteiger partial charge is 0.466 e. The Kier molecular flexibility index (Phi) is 7.76. The smallest absolute Gasteiger partial charge is 0.333 e. The van der Waals surface area contributed by atoms with Gasteiger partial charge in [0.05, 0.1) is 7.11 Å². The third-order valence-corrected chi connectivity index (χ3v) is 15.8. The highest BCUT2D eigenvalue weighted by Gasteiger charge is 2.42. The molecule has 0 aromatic rings. The van der Waals surface area contributed by atoms with Crippen molar-refractivity contribution >= 4 is 22.6 Å². The molecule has 0 saturated carbocycles. The zero-order valence-electron chi connectivity index (χ0n) is 19.5. The van der Waals surface area contributed by atoms with Crippen molar-refractivity contribution in [3.63, 3.8) is 0 Å². The second kappa shape index (κ2) is 8.51. The van der Waals surface area contributed by atoms with Crippen LogP contribution in [0.3, 0.4) is 0 Å². The van der Waals surface area contributed by atoms with E-state index in [9.17, 15) is 4.79 Å². The molecule has 0 fully saturated rings. The van der Waals surface area contributed by atoms with Crippen LogP contribution < -0.4 is 0 Å². The number of rotatable bonds is 6. The van der Waals surface area contributed by atoms with Gasteiger partial charge in [-0.05, 0) is 49.1 Å². The van der Waals surface area contributed by atoms with Crippen molar-refractivity contribution in [2.75, 3.05) is 13.7 Å². The number of methoxy groups -OCH3 is 1. The van der Waals surface area contributed by atoms with Crippen LogP contribution in [0.25, 0.3) is 0 Å². The number of esters is 1. The monoisotopic (exact) mass is 414 g/mol. The van der Waals surface area contributed by atoms with Gasteiger partial charge in [0.15, 0.2) is 16.6 Å². The Morgan fingerprint density at radius 2 is 1.56 bits per heavy atom. The van der Waals surface area contributed by atoms with E-state index in [-0.39, 0.29) is 28.1 Å². The highest BCUT2D eigenvalue weighted by molar-refractivity contribution is 6.74. The zero-order chi connectivity index (χ0) is 21.3. The van der Waals surface area contributed by atoms with Crippen molar-refractivity contribution in [2.45, 2.75) is 96.8 Å². The van der Waals surface area contributed by atoms with Crippen LogP contribution in [0.4, 0.5) is 0 Å². The van der Waals surface area contributed by atoms with E-state index in [0.29, 0.717) is 6.61 Å². The Morgan fingerprint density at radius 1 is 1.04 bits per heavy atom. The Bertz CT molecular complexity index is 554. The number of ether oxygens (including phenoxy) is 1. The molecule has 2 atom stereocenters. The molecule has 0 aliphatic heterocycles. The molecule has 6 heteroatoms. The van der Waals surface area contributed by atoms with Gasteiger partial charge in [0, 0.05) is 24.2 Å². The Labute approximate surface area is 169 Å². The van der Waals surface area contributed by atoms with Crippen LogP contribution >= 0.6 is 0 Å². The summed E-state index contributed by atoms with van der Waals surface area (Å²) >= 11 is 0. The summed E-state index contributed by atoms with van der Waals surface area (Å²) in [6, 6.07) is 0. The van der Waals surface area contributed by atoms with E-state index in [1.54, 1.807) is 0 Å². The SMILES string of the molecule is COC(=O)C1=CC[C@H](O[Si](C)(C)C(C)(C)C)C[C@H]1CO[Si](C)(C)C(C)(C)C. The van der Waals surface area contributed by atoms with Crippen molar-refractivity contribution in [2.24, 2.45) is 5.92 Å². The van der Waals surface area contributed by atoms with E-state index in [1.807, 2.05) is 6.08 Å². The molecule has 0 radical (unpaired) electrons. The summed E-state index contributed by atoms with van der Waals surface area (Å²) in [6.45, 7) is 23.1. The van der Waals surface area contributed by atoms with Gasteiger partial charge in [-0.15, -0.1) is 0 Å². The molecule has 158 valence electrons. The maximum Gasteiger partial charge on any atom is 0.333 e. The zero-order valence-corrected chi connectivity index (χ0v) is 21.5. The van der Waals surface area contributed by atoms with Gasteiger partial charge in [-0.1, -0.05) is 47.6 Å². The van der Waals surface area contributed by atoms with E-state index in [2.05, 4.69) is 67.7 Å². The quantitative estimate of drug-likeness (QED) is 0.400. The standard InChI is InChI=1S/C21H42O4Si2/c1-20(2,3)26(8,9)24-15-16-14-17(12-13-18(16)19(22)23-7)25-27(10,11)21(4,5)6/h13,16-17H,12,14-15H2,1-11H3/t16-,17-/m0/s1. The molecule has 0 unspecified atom stereocenters. The number of hydrogen-bond donors (Lipinski definition) is 0. The lowest BCUT2D eigenvalue weighted by Gasteiger charge is -2.42. The number of carbonyl (C=O) groups is 1. The van der Waals surface area contributed by atoms with Crippen LogP contribution in [0.1, 0.15) is 54.4 Å². The van der Waals surface area contributed by atoms with Crippen molar-refractivity contribution in [1.29, 1.82) is 0 Å². The molecule has 4 nitrogen and oxygen atoms in total. The molecule has 0 amide bonds. The predicted octanol–water partition coefficient (Wildman–Crippen LogP) is 5.91. The Hall–Kier alpha value is -0.436. The molecule has 0 bridgehead atoms. The van der Waals surface area contributed by atoms with E-state index in [4.69, 9.17) is 13.6 Å². The first-order chi connectivity index (χ1) is 12.0. The summed E-state index contributed by atoms with van der Waals surface area (Å²) < 4.78 is 18.1. The van der Waals surface area contributed by atoms with Crippen LogP contribution in [0, 0.1) is 5.92 Å². The van der Waals surface area contributed by atoms with Crippen molar-refractivity contribution in [3.05, 3.63) is 11.6 Å². The van der Waals surface area contributed by atoms with E-state index in [1.165, 1.54) is 7.11 Å². The van der Waals surface area contributed by atoms with Crippen LogP contribution in [0.5, 0.6) is 0 Å². The minimum absolute atomic E-state index is 0.0371. The third kappa shape index (κ3) is 6.27. The number of carbonyl (C=O) groups excluding carboxylic acids is 1. The second-order valence-electron chi connectivity index (χ2n) is 10.9. The first-order valence-electron chi connectivity index (χ1n) is 10.1. The molecule has 0 heterocycles. The van der Waals surface area contributed by atoms with Gasteiger partial charge in [0.2, 0.25) is 0 Å². The lowest BCUT2D eigenvalue weighted by Crippen LogP contribution is -2.46.